The minimum absolute atomic E-state index is 0.168. The summed E-state index contributed by atoms with van der Waals surface area (Å²) in [6.07, 6.45) is 1.56. The van der Waals surface area contributed by atoms with Crippen LogP contribution >= 0.6 is 0 Å². The first-order valence-electron chi connectivity index (χ1n) is 14.3. The standard InChI is InChI=1S/C29H41N5O9S/c1-6-7-10-23(26(35)28-31-22-11-8-9-12-25(22)42-28)30-27(36)24(32-29(37)34(13-15-40-4)14-16-41-5)18-44(38,39)17-21-19(2)33-43-20(21)3/h8-9,11-12,23-24H,6-7,10,13-18H2,1-5H3,(H,30,36)(H,32,37)/t23-,24?/m0/s1. The molecule has 242 valence electrons. The summed E-state index contributed by atoms with van der Waals surface area (Å²) in [4.78, 5) is 46.1. The number of urea groups is 1. The van der Waals surface area contributed by atoms with Gasteiger partial charge in [0.05, 0.1) is 36.5 Å². The Labute approximate surface area is 256 Å². The maximum absolute atomic E-state index is 13.7. The molecule has 2 N–H and O–H groups in total. The van der Waals surface area contributed by atoms with Crippen LogP contribution in [0.1, 0.15) is 53.9 Å². The van der Waals surface area contributed by atoms with Crippen molar-refractivity contribution in [1.29, 1.82) is 0 Å². The molecule has 0 radical (unpaired) electrons. The topological polar surface area (TPSA) is 183 Å². The van der Waals surface area contributed by atoms with E-state index in [1.807, 2.05) is 6.92 Å². The van der Waals surface area contributed by atoms with E-state index in [-0.39, 0.29) is 38.6 Å². The molecule has 0 aliphatic rings. The highest BCUT2D eigenvalue weighted by Crippen LogP contribution is 2.19. The lowest BCUT2D eigenvalue weighted by molar-refractivity contribution is -0.123. The first-order valence-corrected chi connectivity index (χ1v) is 16.2. The van der Waals surface area contributed by atoms with Crippen molar-refractivity contribution in [1.82, 2.24) is 25.7 Å². The fourth-order valence-electron chi connectivity index (χ4n) is 4.46. The maximum atomic E-state index is 13.7. The Morgan fingerprint density at radius 3 is 2.30 bits per heavy atom. The number of ether oxygens (including phenoxy) is 2. The zero-order valence-electron chi connectivity index (χ0n) is 25.8. The van der Waals surface area contributed by atoms with E-state index < -0.39 is 51.1 Å². The maximum Gasteiger partial charge on any atom is 0.318 e. The number of carbonyl (C=O) groups is 3. The number of ketones is 1. The lowest BCUT2D eigenvalue weighted by Crippen LogP contribution is -2.57. The average molecular weight is 636 g/mol. The number of oxazole rings is 1. The molecule has 0 saturated heterocycles. The molecule has 0 bridgehead atoms. The van der Waals surface area contributed by atoms with Gasteiger partial charge >= 0.3 is 6.03 Å². The van der Waals surface area contributed by atoms with Crippen LogP contribution in [0, 0.1) is 13.8 Å². The van der Waals surface area contributed by atoms with Gasteiger partial charge in [-0.3, -0.25) is 9.59 Å². The van der Waals surface area contributed by atoms with Crippen LogP contribution in [0.5, 0.6) is 0 Å². The molecule has 14 nitrogen and oxygen atoms in total. The number of amides is 3. The molecule has 0 aliphatic carbocycles. The third kappa shape index (κ3) is 9.59. The van der Waals surface area contributed by atoms with Gasteiger partial charge in [0.1, 0.15) is 17.3 Å². The van der Waals surface area contributed by atoms with Crippen molar-refractivity contribution in [2.45, 2.75) is 57.9 Å². The Hall–Kier alpha value is -3.82. The molecular formula is C29H41N5O9S. The number of aryl methyl sites for hydroxylation is 2. The third-order valence-corrected chi connectivity index (χ3v) is 8.55. The molecule has 2 heterocycles. The molecule has 0 spiro atoms. The average Bonchev–Trinajstić information content (AvgIpc) is 3.57. The van der Waals surface area contributed by atoms with Gasteiger partial charge in [0.25, 0.3) is 5.89 Å². The quantitative estimate of drug-likeness (QED) is 0.196. The van der Waals surface area contributed by atoms with E-state index in [1.54, 1.807) is 38.1 Å². The number of para-hydroxylation sites is 2. The summed E-state index contributed by atoms with van der Waals surface area (Å²) in [5.41, 5.74) is 1.69. The Balaban J connectivity index is 1.89. The smallest absolute Gasteiger partial charge is 0.318 e. The highest BCUT2D eigenvalue weighted by Gasteiger charge is 2.34. The highest BCUT2D eigenvalue weighted by molar-refractivity contribution is 7.90. The van der Waals surface area contributed by atoms with Crippen LogP contribution < -0.4 is 10.6 Å². The molecule has 3 amide bonds. The molecule has 2 atom stereocenters. The number of carbonyl (C=O) groups excluding carboxylic acids is 3. The second-order valence-electron chi connectivity index (χ2n) is 10.4. The summed E-state index contributed by atoms with van der Waals surface area (Å²) >= 11 is 0. The van der Waals surface area contributed by atoms with Gasteiger partial charge in [-0.15, -0.1) is 0 Å². The van der Waals surface area contributed by atoms with Crippen molar-refractivity contribution in [3.63, 3.8) is 0 Å². The molecule has 2 aromatic heterocycles. The van der Waals surface area contributed by atoms with E-state index in [1.165, 1.54) is 19.1 Å². The van der Waals surface area contributed by atoms with Crippen LogP contribution in [-0.2, 0) is 29.9 Å². The lowest BCUT2D eigenvalue weighted by atomic mass is 10.0. The Bertz CT molecular complexity index is 1460. The molecular weight excluding hydrogens is 594 g/mol. The second kappa shape index (κ2) is 16.3. The zero-order chi connectivity index (χ0) is 32.3. The van der Waals surface area contributed by atoms with E-state index in [2.05, 4.69) is 20.8 Å². The Kier molecular flexibility index (Phi) is 12.8. The molecule has 3 rings (SSSR count). The van der Waals surface area contributed by atoms with Crippen molar-refractivity contribution >= 4 is 38.7 Å². The summed E-state index contributed by atoms with van der Waals surface area (Å²) in [6.45, 7) is 5.89. The fourth-order valence-corrected chi connectivity index (χ4v) is 6.17. The first-order chi connectivity index (χ1) is 21.0. The number of Topliss-reactive ketones (excluding diaryl/α,β-unsaturated/α-hetero) is 1. The number of rotatable bonds is 18. The summed E-state index contributed by atoms with van der Waals surface area (Å²) in [7, 11) is -1.04. The minimum Gasteiger partial charge on any atom is -0.434 e. The van der Waals surface area contributed by atoms with Gasteiger partial charge in [-0.05, 0) is 32.4 Å². The van der Waals surface area contributed by atoms with Gasteiger partial charge in [-0.1, -0.05) is 37.1 Å². The van der Waals surface area contributed by atoms with E-state index >= 15 is 0 Å². The van der Waals surface area contributed by atoms with E-state index in [0.717, 1.165) is 6.42 Å². The molecule has 1 aromatic carbocycles. The normalized spacial score (nSPS) is 13.0. The number of hydrogen-bond acceptors (Lipinski definition) is 11. The number of nitrogens with one attached hydrogen (secondary N) is 2. The summed E-state index contributed by atoms with van der Waals surface area (Å²) < 4.78 is 47.7. The number of nitrogens with zero attached hydrogens (tertiary/aromatic N) is 3. The second-order valence-corrected chi connectivity index (χ2v) is 12.5. The van der Waals surface area contributed by atoms with Crippen LogP contribution in [0.15, 0.2) is 33.2 Å². The van der Waals surface area contributed by atoms with Crippen LogP contribution in [0.4, 0.5) is 4.79 Å². The van der Waals surface area contributed by atoms with Crippen LogP contribution in [0.3, 0.4) is 0 Å². The molecule has 15 heteroatoms. The van der Waals surface area contributed by atoms with Gasteiger partial charge in [0, 0.05) is 32.9 Å². The van der Waals surface area contributed by atoms with Crippen molar-refractivity contribution in [3.8, 4) is 0 Å². The number of methoxy groups -OCH3 is 2. The Morgan fingerprint density at radius 2 is 1.70 bits per heavy atom. The van der Waals surface area contributed by atoms with E-state index in [9.17, 15) is 22.8 Å². The SMILES string of the molecule is CCCC[C@H](NC(=O)C(CS(=O)(=O)Cc1c(C)noc1C)NC(=O)N(CCOC)CCOC)C(=O)c1nc2ccccc2o1. The first kappa shape index (κ1) is 34.7. The van der Waals surface area contributed by atoms with Crippen molar-refractivity contribution in [2.75, 3.05) is 46.3 Å². The summed E-state index contributed by atoms with van der Waals surface area (Å²) in [5, 5.41) is 9.02. The monoisotopic (exact) mass is 635 g/mol. The molecule has 0 fully saturated rings. The molecule has 0 saturated carbocycles. The highest BCUT2D eigenvalue weighted by atomic mass is 32.2. The van der Waals surface area contributed by atoms with Gasteiger partial charge in [0.15, 0.2) is 15.4 Å². The van der Waals surface area contributed by atoms with Crippen LogP contribution in [0.2, 0.25) is 0 Å². The zero-order valence-corrected chi connectivity index (χ0v) is 26.6. The predicted octanol–water partition coefficient (Wildman–Crippen LogP) is 2.58. The minimum atomic E-state index is -4.00. The number of aromatic nitrogens is 2. The van der Waals surface area contributed by atoms with Gasteiger partial charge in [-0.2, -0.15) is 0 Å². The third-order valence-electron chi connectivity index (χ3n) is 6.98. The fraction of sp³-hybridized carbons (Fsp3) is 0.552. The number of fused-ring (bicyclic) bond motifs is 1. The van der Waals surface area contributed by atoms with E-state index in [4.69, 9.17) is 18.4 Å². The Morgan fingerprint density at radius 1 is 1.02 bits per heavy atom. The number of unbranched alkanes of at least 4 members (excludes halogenated alkanes) is 1. The van der Waals surface area contributed by atoms with Gasteiger partial charge in [0.2, 0.25) is 11.7 Å². The van der Waals surface area contributed by atoms with Crippen molar-refractivity contribution in [3.05, 3.63) is 47.2 Å². The summed E-state index contributed by atoms with van der Waals surface area (Å²) in [5.74, 6) is -2.44. The van der Waals surface area contributed by atoms with Gasteiger partial charge in [-0.25, -0.2) is 18.2 Å². The van der Waals surface area contributed by atoms with Crippen LogP contribution in [0.25, 0.3) is 11.1 Å². The number of hydrogen-bond donors (Lipinski definition) is 2. The number of sulfone groups is 1. The van der Waals surface area contributed by atoms with E-state index in [0.29, 0.717) is 34.5 Å². The van der Waals surface area contributed by atoms with Crippen LogP contribution in [-0.4, -0.2) is 99.5 Å². The van der Waals surface area contributed by atoms with Crippen molar-refractivity contribution in [2.24, 2.45) is 0 Å². The van der Waals surface area contributed by atoms with Crippen molar-refractivity contribution < 1.29 is 41.2 Å². The summed E-state index contributed by atoms with van der Waals surface area (Å²) in [6, 6.07) is 3.57. The lowest BCUT2D eigenvalue weighted by Gasteiger charge is -2.27. The molecule has 1 unspecified atom stereocenters. The largest absolute Gasteiger partial charge is 0.434 e. The number of benzene rings is 1. The predicted molar refractivity (Wildman–Crippen MR) is 161 cm³/mol. The molecule has 3 aromatic rings. The molecule has 0 aliphatic heterocycles. The van der Waals surface area contributed by atoms with Gasteiger partial charge < -0.3 is 33.9 Å². The molecule has 44 heavy (non-hydrogen) atoms.